The van der Waals surface area contributed by atoms with Crippen LogP contribution < -0.4 is 10.6 Å². The molecule has 7 heteroatoms. The van der Waals surface area contributed by atoms with E-state index in [1.165, 1.54) is 0 Å². The molecule has 1 aromatic heterocycles. The molecule has 20 heavy (non-hydrogen) atoms. The molecule has 0 aromatic carbocycles. The second-order valence-electron chi connectivity index (χ2n) is 4.83. The molecule has 0 radical (unpaired) electrons. The van der Waals surface area contributed by atoms with E-state index < -0.39 is 6.04 Å². The quantitative estimate of drug-likeness (QED) is 0.690. The van der Waals surface area contributed by atoms with E-state index in [1.807, 2.05) is 10.9 Å². The Bertz CT molecular complexity index is 481. The van der Waals surface area contributed by atoms with Crippen LogP contribution in [0.2, 0.25) is 0 Å². The number of imide groups is 1. The predicted octanol–water partition coefficient (Wildman–Crippen LogP) is 0.0519. The zero-order valence-electron chi connectivity index (χ0n) is 11.9. The van der Waals surface area contributed by atoms with Gasteiger partial charge in [-0.1, -0.05) is 13.8 Å². The normalized spacial score (nSPS) is 18.6. The number of nitrogens with one attached hydrogen (secondary N) is 2. The third kappa shape index (κ3) is 3.57. The molecule has 0 aliphatic carbocycles. The van der Waals surface area contributed by atoms with Gasteiger partial charge in [0.1, 0.15) is 6.04 Å². The van der Waals surface area contributed by atoms with Crippen molar-refractivity contribution in [1.82, 2.24) is 20.0 Å². The Morgan fingerprint density at radius 3 is 2.80 bits per heavy atom. The number of likely N-dealkylation sites (N-methyl/N-ethyl adjacent to an activating group) is 1. The van der Waals surface area contributed by atoms with Gasteiger partial charge >= 0.3 is 0 Å². The number of carbonyl (C=O) groups is 2. The van der Waals surface area contributed by atoms with Gasteiger partial charge in [-0.25, -0.2) is 0 Å². The SMILES string of the molecule is CCN(CC)CCn1cc(NC2CC(=O)NC2=O)cn1. The Morgan fingerprint density at radius 1 is 1.45 bits per heavy atom. The zero-order valence-corrected chi connectivity index (χ0v) is 11.9. The second-order valence-corrected chi connectivity index (χ2v) is 4.83. The van der Waals surface area contributed by atoms with Crippen molar-refractivity contribution in [2.45, 2.75) is 32.9 Å². The molecule has 2 amide bonds. The molecule has 0 bridgehead atoms. The van der Waals surface area contributed by atoms with Gasteiger partial charge in [0, 0.05) is 12.7 Å². The van der Waals surface area contributed by atoms with E-state index >= 15 is 0 Å². The molecule has 1 fully saturated rings. The van der Waals surface area contributed by atoms with Crippen LogP contribution in [0.25, 0.3) is 0 Å². The Kier molecular flexibility index (Phi) is 4.73. The van der Waals surface area contributed by atoms with Gasteiger partial charge < -0.3 is 10.2 Å². The van der Waals surface area contributed by atoms with Crippen molar-refractivity contribution in [1.29, 1.82) is 0 Å². The molecule has 110 valence electrons. The summed E-state index contributed by atoms with van der Waals surface area (Å²) < 4.78 is 1.84. The van der Waals surface area contributed by atoms with Crippen LogP contribution in [0.15, 0.2) is 12.4 Å². The van der Waals surface area contributed by atoms with E-state index in [-0.39, 0.29) is 18.2 Å². The van der Waals surface area contributed by atoms with Crippen molar-refractivity contribution in [3.05, 3.63) is 12.4 Å². The van der Waals surface area contributed by atoms with Crippen molar-refractivity contribution in [2.75, 3.05) is 25.0 Å². The third-order valence-corrected chi connectivity index (χ3v) is 3.48. The molecule has 7 nitrogen and oxygen atoms in total. The van der Waals surface area contributed by atoms with Gasteiger partial charge in [-0.05, 0) is 13.1 Å². The molecule has 1 saturated heterocycles. The van der Waals surface area contributed by atoms with Crippen molar-refractivity contribution in [2.24, 2.45) is 0 Å². The number of amides is 2. The summed E-state index contributed by atoms with van der Waals surface area (Å²) in [5.74, 6) is -0.507. The van der Waals surface area contributed by atoms with Crippen LogP contribution in [0.3, 0.4) is 0 Å². The molecule has 1 aliphatic rings. The van der Waals surface area contributed by atoms with Crippen LogP contribution in [0.5, 0.6) is 0 Å². The Balaban J connectivity index is 1.86. The van der Waals surface area contributed by atoms with E-state index in [0.717, 1.165) is 31.9 Å². The Morgan fingerprint density at radius 2 is 2.20 bits per heavy atom. The second kappa shape index (κ2) is 6.51. The molecule has 0 spiro atoms. The van der Waals surface area contributed by atoms with Crippen LogP contribution >= 0.6 is 0 Å². The summed E-state index contributed by atoms with van der Waals surface area (Å²) in [7, 11) is 0. The highest BCUT2D eigenvalue weighted by Gasteiger charge is 2.30. The maximum atomic E-state index is 11.5. The monoisotopic (exact) mass is 279 g/mol. The van der Waals surface area contributed by atoms with E-state index in [1.54, 1.807) is 6.20 Å². The van der Waals surface area contributed by atoms with E-state index in [9.17, 15) is 9.59 Å². The van der Waals surface area contributed by atoms with E-state index in [0.29, 0.717) is 0 Å². The standard InChI is InChI=1S/C13H21N5O2/c1-3-17(4-2)5-6-18-9-10(8-14-18)15-11-7-12(19)16-13(11)20/h8-9,11,15H,3-7H2,1-2H3,(H,16,19,20). The lowest BCUT2D eigenvalue weighted by Gasteiger charge is -2.17. The fourth-order valence-electron chi connectivity index (χ4n) is 2.22. The lowest BCUT2D eigenvalue weighted by atomic mass is 10.2. The van der Waals surface area contributed by atoms with E-state index in [4.69, 9.17) is 0 Å². The highest BCUT2D eigenvalue weighted by molar-refractivity contribution is 6.06. The van der Waals surface area contributed by atoms with Gasteiger partial charge in [-0.3, -0.25) is 19.6 Å². The lowest BCUT2D eigenvalue weighted by molar-refractivity contribution is -0.124. The fraction of sp³-hybridized carbons (Fsp3) is 0.615. The van der Waals surface area contributed by atoms with Crippen LogP contribution in [0.1, 0.15) is 20.3 Å². The number of hydrogen-bond acceptors (Lipinski definition) is 5. The molecule has 1 aromatic rings. The maximum Gasteiger partial charge on any atom is 0.249 e. The molecule has 1 unspecified atom stereocenters. The average Bonchev–Trinajstić information content (AvgIpc) is 2.98. The predicted molar refractivity (Wildman–Crippen MR) is 75.2 cm³/mol. The summed E-state index contributed by atoms with van der Waals surface area (Å²) in [5.41, 5.74) is 0.763. The molecular weight excluding hydrogens is 258 g/mol. The highest BCUT2D eigenvalue weighted by Crippen LogP contribution is 2.12. The first-order valence-corrected chi connectivity index (χ1v) is 6.97. The van der Waals surface area contributed by atoms with Gasteiger partial charge in [0.2, 0.25) is 11.8 Å². The van der Waals surface area contributed by atoms with Gasteiger partial charge in [0.05, 0.1) is 24.8 Å². The number of nitrogens with zero attached hydrogens (tertiary/aromatic N) is 3. The largest absolute Gasteiger partial charge is 0.371 e. The van der Waals surface area contributed by atoms with Crippen molar-refractivity contribution in [3.63, 3.8) is 0 Å². The molecule has 2 rings (SSSR count). The summed E-state index contributed by atoms with van der Waals surface area (Å²) >= 11 is 0. The van der Waals surface area contributed by atoms with Crippen molar-refractivity contribution >= 4 is 17.5 Å². The Labute approximate surface area is 118 Å². The number of anilines is 1. The van der Waals surface area contributed by atoms with Gasteiger partial charge in [0.25, 0.3) is 0 Å². The lowest BCUT2D eigenvalue weighted by Crippen LogP contribution is -2.29. The van der Waals surface area contributed by atoms with Crippen LogP contribution in [0.4, 0.5) is 5.69 Å². The summed E-state index contributed by atoms with van der Waals surface area (Å²) in [4.78, 5) is 24.9. The molecular formula is C13H21N5O2. The summed E-state index contributed by atoms with van der Waals surface area (Å²) in [6, 6.07) is -0.483. The van der Waals surface area contributed by atoms with Crippen molar-refractivity contribution in [3.8, 4) is 0 Å². The molecule has 1 atom stereocenters. The Hall–Kier alpha value is -1.89. The van der Waals surface area contributed by atoms with Crippen LogP contribution in [-0.2, 0) is 16.1 Å². The van der Waals surface area contributed by atoms with Crippen LogP contribution in [-0.4, -0.2) is 52.2 Å². The minimum absolute atomic E-state index is 0.184. The summed E-state index contributed by atoms with van der Waals surface area (Å²) in [6.45, 7) is 8.06. The number of aromatic nitrogens is 2. The van der Waals surface area contributed by atoms with Crippen LogP contribution in [0, 0.1) is 0 Å². The number of rotatable bonds is 7. The first-order valence-electron chi connectivity index (χ1n) is 6.97. The number of hydrogen-bond donors (Lipinski definition) is 2. The van der Waals surface area contributed by atoms with Crippen molar-refractivity contribution < 1.29 is 9.59 Å². The summed E-state index contributed by atoms with van der Waals surface area (Å²) in [6.07, 6.45) is 3.72. The van der Waals surface area contributed by atoms with Gasteiger partial charge in [0.15, 0.2) is 0 Å². The minimum atomic E-state index is -0.483. The fourth-order valence-corrected chi connectivity index (χ4v) is 2.22. The maximum absolute atomic E-state index is 11.5. The first-order chi connectivity index (χ1) is 9.62. The number of carbonyl (C=O) groups excluding carboxylic acids is 2. The molecule has 2 N–H and O–H groups in total. The minimum Gasteiger partial charge on any atom is -0.371 e. The third-order valence-electron chi connectivity index (χ3n) is 3.48. The van der Waals surface area contributed by atoms with Gasteiger partial charge in [-0.15, -0.1) is 0 Å². The average molecular weight is 279 g/mol. The first kappa shape index (κ1) is 14.5. The summed E-state index contributed by atoms with van der Waals surface area (Å²) in [5, 5.41) is 9.56. The van der Waals surface area contributed by atoms with Gasteiger partial charge in [-0.2, -0.15) is 5.10 Å². The molecule has 0 saturated carbocycles. The zero-order chi connectivity index (χ0) is 14.5. The van der Waals surface area contributed by atoms with E-state index in [2.05, 4.69) is 34.5 Å². The topological polar surface area (TPSA) is 79.3 Å². The molecule has 1 aliphatic heterocycles. The smallest absolute Gasteiger partial charge is 0.249 e. The molecule has 2 heterocycles. The highest BCUT2D eigenvalue weighted by atomic mass is 16.2.